The number of hydrogen-bond acceptors (Lipinski definition) is 3. The Labute approximate surface area is 133 Å². The molecule has 3 heteroatoms. The van der Waals surface area contributed by atoms with Crippen molar-refractivity contribution < 1.29 is 15.0 Å². The van der Waals surface area contributed by atoms with Crippen LogP contribution in [0.3, 0.4) is 0 Å². The number of rotatable bonds is 0. The van der Waals surface area contributed by atoms with Gasteiger partial charge in [0.2, 0.25) is 0 Å². The Kier molecular flexibility index (Phi) is 3.30. The molecule has 0 radical (unpaired) electrons. The molecule has 0 bridgehead atoms. The summed E-state index contributed by atoms with van der Waals surface area (Å²) >= 11 is 0. The Morgan fingerprint density at radius 3 is 2.64 bits per heavy atom. The van der Waals surface area contributed by atoms with E-state index >= 15 is 0 Å². The van der Waals surface area contributed by atoms with Gasteiger partial charge in [0, 0.05) is 11.8 Å². The summed E-state index contributed by atoms with van der Waals surface area (Å²) in [6.45, 7) is 4.48. The molecule has 4 saturated carbocycles. The Morgan fingerprint density at radius 2 is 1.86 bits per heavy atom. The molecule has 8 atom stereocenters. The van der Waals surface area contributed by atoms with Crippen LogP contribution >= 0.6 is 0 Å². The van der Waals surface area contributed by atoms with Crippen LogP contribution in [-0.4, -0.2) is 28.2 Å². The highest BCUT2D eigenvalue weighted by Gasteiger charge is 2.63. The van der Waals surface area contributed by atoms with Gasteiger partial charge in [0.1, 0.15) is 5.78 Å². The number of hydrogen-bond donors (Lipinski definition) is 2. The molecule has 124 valence electrons. The molecule has 0 aromatic heterocycles. The number of carbonyl (C=O) groups excluding carboxylic acids is 1. The first-order chi connectivity index (χ1) is 10.4. The van der Waals surface area contributed by atoms with Gasteiger partial charge in [0.15, 0.2) is 0 Å². The summed E-state index contributed by atoms with van der Waals surface area (Å²) in [7, 11) is 0. The lowest BCUT2D eigenvalue weighted by Gasteiger charge is -2.61. The second-order valence-electron chi connectivity index (χ2n) is 9.16. The van der Waals surface area contributed by atoms with E-state index in [0.29, 0.717) is 35.9 Å². The molecule has 22 heavy (non-hydrogen) atoms. The van der Waals surface area contributed by atoms with E-state index < -0.39 is 0 Å². The van der Waals surface area contributed by atoms with Crippen molar-refractivity contribution in [1.29, 1.82) is 0 Å². The third-order valence-electron chi connectivity index (χ3n) is 8.28. The highest BCUT2D eigenvalue weighted by molar-refractivity contribution is 5.87. The zero-order chi connectivity index (χ0) is 15.7. The molecule has 0 spiro atoms. The van der Waals surface area contributed by atoms with Crippen LogP contribution in [0.15, 0.2) is 0 Å². The fourth-order valence-corrected chi connectivity index (χ4v) is 7.13. The quantitative estimate of drug-likeness (QED) is 0.723. The van der Waals surface area contributed by atoms with Gasteiger partial charge in [-0.15, -0.1) is 0 Å². The summed E-state index contributed by atoms with van der Waals surface area (Å²) in [5, 5.41) is 21.0. The van der Waals surface area contributed by atoms with Crippen LogP contribution in [0.5, 0.6) is 0 Å². The predicted molar refractivity (Wildman–Crippen MR) is 84.1 cm³/mol. The maximum atomic E-state index is 12.4. The molecule has 0 aromatic carbocycles. The average Bonchev–Trinajstić information content (AvgIpc) is 2.75. The van der Waals surface area contributed by atoms with Gasteiger partial charge in [0.25, 0.3) is 0 Å². The first kappa shape index (κ1) is 15.1. The summed E-state index contributed by atoms with van der Waals surface area (Å²) in [4.78, 5) is 12.4. The molecule has 0 unspecified atom stereocenters. The average molecular weight is 306 g/mol. The first-order valence-corrected chi connectivity index (χ1v) is 9.25. The fourth-order valence-electron chi connectivity index (χ4n) is 7.13. The normalized spacial score (nSPS) is 57.9. The summed E-state index contributed by atoms with van der Waals surface area (Å²) in [5.41, 5.74) is -0.105. The number of aliphatic hydroxyl groups excluding tert-OH is 2. The maximum absolute atomic E-state index is 12.4. The largest absolute Gasteiger partial charge is 0.393 e. The second kappa shape index (κ2) is 4.80. The van der Waals surface area contributed by atoms with Crippen molar-refractivity contribution >= 4 is 5.78 Å². The van der Waals surface area contributed by atoms with Gasteiger partial charge in [-0.3, -0.25) is 4.79 Å². The van der Waals surface area contributed by atoms with Crippen molar-refractivity contribution in [1.82, 2.24) is 0 Å². The minimum absolute atomic E-state index is 0.145. The lowest BCUT2D eigenvalue weighted by Crippen LogP contribution is -2.59. The molecule has 0 saturated heterocycles. The van der Waals surface area contributed by atoms with Crippen LogP contribution in [0, 0.1) is 34.5 Å². The van der Waals surface area contributed by atoms with Crippen LogP contribution in [0.2, 0.25) is 0 Å². The van der Waals surface area contributed by atoms with Gasteiger partial charge < -0.3 is 10.2 Å². The van der Waals surface area contributed by atoms with E-state index in [1.807, 2.05) is 0 Å². The molecule has 4 fully saturated rings. The van der Waals surface area contributed by atoms with E-state index in [4.69, 9.17) is 0 Å². The van der Waals surface area contributed by atoms with Crippen LogP contribution in [0.25, 0.3) is 0 Å². The van der Waals surface area contributed by atoms with Gasteiger partial charge in [-0.05, 0) is 74.0 Å². The monoisotopic (exact) mass is 306 g/mol. The first-order valence-electron chi connectivity index (χ1n) is 9.25. The molecular weight excluding hydrogens is 276 g/mol. The number of ketones is 1. The molecule has 0 aliphatic heterocycles. The van der Waals surface area contributed by atoms with E-state index in [0.717, 1.165) is 38.5 Å². The van der Waals surface area contributed by atoms with Crippen LogP contribution in [0.4, 0.5) is 0 Å². The van der Waals surface area contributed by atoms with E-state index in [-0.39, 0.29) is 23.0 Å². The van der Waals surface area contributed by atoms with E-state index in [1.165, 1.54) is 6.42 Å². The predicted octanol–water partition coefficient (Wildman–Crippen LogP) is 2.93. The zero-order valence-corrected chi connectivity index (χ0v) is 13.9. The third kappa shape index (κ3) is 1.84. The van der Waals surface area contributed by atoms with Crippen molar-refractivity contribution in [3.63, 3.8) is 0 Å². The molecule has 0 aromatic rings. The number of carbonyl (C=O) groups is 1. The van der Waals surface area contributed by atoms with Gasteiger partial charge in [-0.2, -0.15) is 0 Å². The standard InChI is InChI=1S/C19H30O3/c1-18-8-7-12(20)9-11(18)3-4-13-14-5-6-16(22)19(14,2)10-15(21)17(13)18/h11-15,17,20-21H,3-10H2,1-2H3/t11-,12+,13+,14+,15-,17-,18-,19-/m0/s1. The molecule has 0 heterocycles. The molecule has 4 aliphatic rings. The zero-order valence-electron chi connectivity index (χ0n) is 13.9. The summed E-state index contributed by atoms with van der Waals surface area (Å²) in [6.07, 6.45) is 7.08. The van der Waals surface area contributed by atoms with E-state index in [1.54, 1.807) is 0 Å². The smallest absolute Gasteiger partial charge is 0.139 e. The lowest BCUT2D eigenvalue weighted by atomic mass is 9.44. The van der Waals surface area contributed by atoms with Crippen LogP contribution in [-0.2, 0) is 4.79 Å². The SMILES string of the molecule is C[C@]12CC[C@@H](O)C[C@@H]1CC[C@H]1[C@H]2[C@@H](O)C[C@]2(C)C(=O)CC[C@H]12. The van der Waals surface area contributed by atoms with Gasteiger partial charge in [-0.1, -0.05) is 13.8 Å². The van der Waals surface area contributed by atoms with Crippen LogP contribution < -0.4 is 0 Å². The third-order valence-corrected chi connectivity index (χ3v) is 8.28. The molecule has 0 amide bonds. The topological polar surface area (TPSA) is 57.5 Å². The Bertz CT molecular complexity index is 489. The summed E-state index contributed by atoms with van der Waals surface area (Å²) in [6, 6.07) is 0. The molecular formula is C19H30O3. The van der Waals surface area contributed by atoms with Crippen molar-refractivity contribution in [2.75, 3.05) is 0 Å². The second-order valence-corrected chi connectivity index (χ2v) is 9.16. The van der Waals surface area contributed by atoms with Crippen molar-refractivity contribution in [2.24, 2.45) is 34.5 Å². The summed E-state index contributed by atoms with van der Waals surface area (Å²) in [5.74, 6) is 2.27. The minimum Gasteiger partial charge on any atom is -0.393 e. The maximum Gasteiger partial charge on any atom is 0.139 e. The van der Waals surface area contributed by atoms with Gasteiger partial charge in [0.05, 0.1) is 12.2 Å². The van der Waals surface area contributed by atoms with Crippen molar-refractivity contribution in [3.05, 3.63) is 0 Å². The van der Waals surface area contributed by atoms with Crippen molar-refractivity contribution in [2.45, 2.75) is 77.4 Å². The van der Waals surface area contributed by atoms with Crippen molar-refractivity contribution in [3.8, 4) is 0 Å². The number of aliphatic hydroxyl groups is 2. The Morgan fingerprint density at radius 1 is 1.09 bits per heavy atom. The summed E-state index contributed by atoms with van der Waals surface area (Å²) < 4.78 is 0. The van der Waals surface area contributed by atoms with Gasteiger partial charge in [-0.25, -0.2) is 0 Å². The minimum atomic E-state index is -0.337. The molecule has 4 rings (SSSR count). The fraction of sp³-hybridized carbons (Fsp3) is 0.947. The Balaban J connectivity index is 1.69. The Hall–Kier alpha value is -0.410. The lowest BCUT2D eigenvalue weighted by molar-refractivity contribution is -0.175. The van der Waals surface area contributed by atoms with E-state index in [2.05, 4.69) is 13.8 Å². The van der Waals surface area contributed by atoms with Gasteiger partial charge >= 0.3 is 0 Å². The molecule has 2 N–H and O–H groups in total. The molecule has 3 nitrogen and oxygen atoms in total. The molecule has 4 aliphatic carbocycles. The van der Waals surface area contributed by atoms with E-state index in [9.17, 15) is 15.0 Å². The number of Topliss-reactive ketones (excluding diaryl/α,β-unsaturated/α-hetero) is 1. The van der Waals surface area contributed by atoms with Crippen LogP contribution in [0.1, 0.15) is 65.2 Å². The highest BCUT2D eigenvalue weighted by Crippen LogP contribution is 2.65. The highest BCUT2D eigenvalue weighted by atomic mass is 16.3. The number of fused-ring (bicyclic) bond motifs is 5.